The molecule has 0 radical (unpaired) electrons. The Hall–Kier alpha value is 0.380. The van der Waals surface area contributed by atoms with Gasteiger partial charge in [0.05, 0.1) is 12.7 Å². The van der Waals surface area contributed by atoms with E-state index in [1.807, 2.05) is 11.8 Å². The second-order valence-electron chi connectivity index (χ2n) is 7.58. The summed E-state index contributed by atoms with van der Waals surface area (Å²) in [7, 11) is -2.96. The molecular formula is C21H47O6PS. The molecule has 0 rings (SSSR count). The van der Waals surface area contributed by atoms with Crippen molar-refractivity contribution in [1.82, 2.24) is 0 Å². The van der Waals surface area contributed by atoms with Crippen LogP contribution in [-0.4, -0.2) is 51.1 Å². The molecular weight excluding hydrogens is 411 g/mol. The number of aliphatic hydroxyl groups excluding tert-OH is 1. The number of ether oxygens (including phenoxy) is 1. The quantitative estimate of drug-likeness (QED) is 0.137. The average Bonchev–Trinajstić information content (AvgIpc) is 2.66. The summed E-state index contributed by atoms with van der Waals surface area (Å²) >= 11 is 1.91. The molecule has 1 unspecified atom stereocenters. The molecule has 0 aromatic rings. The maximum Gasteiger partial charge on any atom is 0.466 e. The van der Waals surface area contributed by atoms with Crippen molar-refractivity contribution >= 4 is 19.6 Å². The van der Waals surface area contributed by atoms with Crippen molar-refractivity contribution < 1.29 is 29.1 Å². The van der Waals surface area contributed by atoms with E-state index in [9.17, 15) is 0 Å². The standard InChI is InChI=1S/C21H44O2S.H3O4P/c1-3-4-5-6-7-8-9-10-11-12-13-14-15-16-17-18-24-20-21(19-22)23-2;1-5(2,3)4/h21-22H,3-20H2,1-2H3;(H3,1,2,3,4). The summed E-state index contributed by atoms with van der Waals surface area (Å²) in [6.45, 7) is 2.43. The van der Waals surface area contributed by atoms with Crippen LogP contribution in [0.5, 0.6) is 0 Å². The number of hydrogen-bond acceptors (Lipinski definition) is 4. The Labute approximate surface area is 183 Å². The molecule has 0 aliphatic rings. The first-order valence-electron chi connectivity index (χ1n) is 11.3. The summed E-state index contributed by atoms with van der Waals surface area (Å²) < 4.78 is 14.0. The molecule has 0 spiro atoms. The van der Waals surface area contributed by atoms with E-state index in [0.717, 1.165) is 5.75 Å². The van der Waals surface area contributed by atoms with E-state index in [0.29, 0.717) is 0 Å². The van der Waals surface area contributed by atoms with Crippen LogP contribution in [0.3, 0.4) is 0 Å². The first-order valence-corrected chi connectivity index (χ1v) is 14.1. The summed E-state index contributed by atoms with van der Waals surface area (Å²) in [5.41, 5.74) is 0. The third kappa shape index (κ3) is 36.1. The lowest BCUT2D eigenvalue weighted by Crippen LogP contribution is -2.18. The van der Waals surface area contributed by atoms with Crippen molar-refractivity contribution in [3.8, 4) is 0 Å². The number of aliphatic hydroxyl groups is 1. The molecule has 0 saturated carbocycles. The summed E-state index contributed by atoms with van der Waals surface area (Å²) in [5, 5.41) is 9.02. The summed E-state index contributed by atoms with van der Waals surface area (Å²) in [5.74, 6) is 2.13. The van der Waals surface area contributed by atoms with Gasteiger partial charge in [-0.05, 0) is 12.2 Å². The van der Waals surface area contributed by atoms with Crippen molar-refractivity contribution in [3.05, 3.63) is 0 Å². The fraction of sp³-hybridized carbons (Fsp3) is 1.00. The van der Waals surface area contributed by atoms with E-state index < -0.39 is 7.82 Å². The molecule has 0 aliphatic carbocycles. The van der Waals surface area contributed by atoms with Crippen LogP contribution in [0.25, 0.3) is 0 Å². The molecule has 0 saturated heterocycles. The zero-order valence-corrected chi connectivity index (χ0v) is 20.5. The van der Waals surface area contributed by atoms with E-state index >= 15 is 0 Å². The van der Waals surface area contributed by atoms with Gasteiger partial charge in [0, 0.05) is 12.9 Å². The van der Waals surface area contributed by atoms with Crippen molar-refractivity contribution in [1.29, 1.82) is 0 Å². The lowest BCUT2D eigenvalue weighted by molar-refractivity contribution is 0.0656. The maximum absolute atomic E-state index is 9.02. The monoisotopic (exact) mass is 458 g/mol. The normalized spacial score (nSPS) is 12.5. The van der Waals surface area contributed by atoms with Gasteiger partial charge in [0.1, 0.15) is 0 Å². The third-order valence-electron chi connectivity index (χ3n) is 4.73. The molecule has 1 atom stereocenters. The second kappa shape index (κ2) is 24.6. The molecule has 0 aliphatic heterocycles. The van der Waals surface area contributed by atoms with Gasteiger partial charge in [-0.2, -0.15) is 11.8 Å². The Kier molecular flexibility index (Phi) is 26.8. The van der Waals surface area contributed by atoms with E-state index in [-0.39, 0.29) is 12.7 Å². The van der Waals surface area contributed by atoms with Gasteiger partial charge in [-0.3, -0.25) is 0 Å². The van der Waals surface area contributed by atoms with Gasteiger partial charge in [-0.15, -0.1) is 0 Å². The summed E-state index contributed by atoms with van der Waals surface area (Å²) in [6.07, 6.45) is 21.3. The third-order valence-corrected chi connectivity index (χ3v) is 5.92. The van der Waals surface area contributed by atoms with Crippen molar-refractivity contribution in [2.24, 2.45) is 0 Å². The number of hydrogen-bond donors (Lipinski definition) is 4. The van der Waals surface area contributed by atoms with Crippen molar-refractivity contribution in [3.63, 3.8) is 0 Å². The highest BCUT2D eigenvalue weighted by atomic mass is 32.2. The van der Waals surface area contributed by atoms with Gasteiger partial charge in [0.15, 0.2) is 0 Å². The number of rotatable bonds is 20. The Morgan fingerprint density at radius 3 is 1.41 bits per heavy atom. The van der Waals surface area contributed by atoms with Crippen LogP contribution in [0, 0.1) is 0 Å². The molecule has 178 valence electrons. The van der Waals surface area contributed by atoms with Crippen LogP contribution in [0.2, 0.25) is 0 Å². The number of unbranched alkanes of at least 4 members (excludes halogenated alkanes) is 14. The first-order chi connectivity index (χ1) is 13.8. The van der Waals surface area contributed by atoms with E-state index in [1.165, 1.54) is 102 Å². The molecule has 0 aromatic heterocycles. The lowest BCUT2D eigenvalue weighted by Gasteiger charge is -2.11. The van der Waals surface area contributed by atoms with Crippen LogP contribution in [0.15, 0.2) is 0 Å². The maximum atomic E-state index is 9.02. The SMILES string of the molecule is CCCCCCCCCCCCCCCCCSCC(CO)OC.O=P(O)(O)O. The lowest BCUT2D eigenvalue weighted by atomic mass is 10.0. The predicted octanol–water partition coefficient (Wildman–Crippen LogP) is 5.67. The Morgan fingerprint density at radius 2 is 1.10 bits per heavy atom. The molecule has 0 amide bonds. The largest absolute Gasteiger partial charge is 0.466 e. The smallest absolute Gasteiger partial charge is 0.394 e. The van der Waals surface area contributed by atoms with Crippen molar-refractivity contribution in [2.75, 3.05) is 25.2 Å². The van der Waals surface area contributed by atoms with Gasteiger partial charge in [0.2, 0.25) is 0 Å². The highest BCUT2D eigenvalue weighted by Gasteiger charge is 2.04. The fourth-order valence-corrected chi connectivity index (χ4v) is 4.06. The molecule has 0 bridgehead atoms. The first kappa shape index (κ1) is 31.6. The Balaban J connectivity index is 0. The van der Waals surface area contributed by atoms with E-state index in [2.05, 4.69) is 6.92 Å². The minimum absolute atomic E-state index is 0.0198. The minimum Gasteiger partial charge on any atom is -0.394 e. The molecule has 0 heterocycles. The molecule has 0 aromatic carbocycles. The predicted molar refractivity (Wildman–Crippen MR) is 124 cm³/mol. The molecule has 4 N–H and O–H groups in total. The molecule has 8 heteroatoms. The molecule has 29 heavy (non-hydrogen) atoms. The van der Waals surface area contributed by atoms with E-state index in [1.54, 1.807) is 7.11 Å². The Bertz CT molecular complexity index is 342. The van der Waals surface area contributed by atoms with Gasteiger partial charge in [-0.1, -0.05) is 96.8 Å². The topological polar surface area (TPSA) is 107 Å². The van der Waals surface area contributed by atoms with Gasteiger partial charge in [0.25, 0.3) is 0 Å². The van der Waals surface area contributed by atoms with Crippen LogP contribution in [0.1, 0.15) is 103 Å². The fourth-order valence-electron chi connectivity index (χ4n) is 2.99. The van der Waals surface area contributed by atoms with Crippen LogP contribution < -0.4 is 0 Å². The average molecular weight is 459 g/mol. The van der Waals surface area contributed by atoms with Crippen LogP contribution in [-0.2, 0) is 9.30 Å². The van der Waals surface area contributed by atoms with Gasteiger partial charge < -0.3 is 24.5 Å². The number of thioether (sulfide) groups is 1. The number of methoxy groups -OCH3 is 1. The van der Waals surface area contributed by atoms with Crippen molar-refractivity contribution in [2.45, 2.75) is 109 Å². The summed E-state index contributed by atoms with van der Waals surface area (Å²) in [6, 6.07) is 0. The highest BCUT2D eigenvalue weighted by Crippen LogP contribution is 2.25. The zero-order valence-electron chi connectivity index (χ0n) is 18.8. The minimum atomic E-state index is -4.64. The Morgan fingerprint density at radius 1 is 0.759 bits per heavy atom. The molecule has 0 fully saturated rings. The highest BCUT2D eigenvalue weighted by molar-refractivity contribution is 7.99. The second-order valence-corrected chi connectivity index (χ2v) is 9.75. The van der Waals surface area contributed by atoms with Gasteiger partial charge in [-0.25, -0.2) is 4.57 Å². The van der Waals surface area contributed by atoms with Crippen LogP contribution >= 0.6 is 19.6 Å². The van der Waals surface area contributed by atoms with Gasteiger partial charge >= 0.3 is 7.82 Å². The summed E-state index contributed by atoms with van der Waals surface area (Å²) in [4.78, 5) is 21.6. The number of phosphoric acid groups is 1. The molecule has 6 nitrogen and oxygen atoms in total. The van der Waals surface area contributed by atoms with E-state index in [4.69, 9.17) is 29.1 Å². The zero-order chi connectivity index (χ0) is 22.2. The van der Waals surface area contributed by atoms with Crippen LogP contribution in [0.4, 0.5) is 0 Å².